The molecule has 0 unspecified atom stereocenters. The lowest BCUT2D eigenvalue weighted by atomic mass is 10.1. The van der Waals surface area contributed by atoms with E-state index in [0.717, 1.165) is 0 Å². The highest BCUT2D eigenvalue weighted by Crippen LogP contribution is 2.25. The molecule has 9 nitrogen and oxygen atoms in total. The van der Waals surface area contributed by atoms with E-state index in [-0.39, 0.29) is 10.5 Å². The van der Waals surface area contributed by atoms with Gasteiger partial charge in [0.2, 0.25) is 10.0 Å². The number of hydrogen-bond donors (Lipinski definition) is 3. The maximum Gasteiger partial charge on any atom is 0.270 e. The van der Waals surface area contributed by atoms with Gasteiger partial charge in [0, 0.05) is 5.39 Å². The van der Waals surface area contributed by atoms with Crippen LogP contribution in [0.4, 0.5) is 0 Å². The molecule has 10 heteroatoms. The lowest BCUT2D eigenvalue weighted by molar-refractivity contribution is -0.123. The van der Waals surface area contributed by atoms with E-state index in [1.165, 1.54) is 25.3 Å². The number of hydrogen-bond acceptors (Lipinski definition) is 6. The summed E-state index contributed by atoms with van der Waals surface area (Å²) in [6.07, 6.45) is 1.50. The number of sulfonamides is 1. The van der Waals surface area contributed by atoms with Gasteiger partial charge in [0.15, 0.2) is 5.76 Å². The van der Waals surface area contributed by atoms with Crippen LogP contribution in [-0.2, 0) is 14.8 Å². The molecule has 33 heavy (non-hydrogen) atoms. The number of furan rings is 1. The summed E-state index contributed by atoms with van der Waals surface area (Å²) in [5, 5.41) is 0.581. The predicted molar refractivity (Wildman–Crippen MR) is 121 cm³/mol. The van der Waals surface area contributed by atoms with E-state index >= 15 is 0 Å². The monoisotopic (exact) mass is 464 g/mol. The van der Waals surface area contributed by atoms with Crippen LogP contribution in [-0.4, -0.2) is 31.3 Å². The van der Waals surface area contributed by atoms with Crippen LogP contribution in [0.2, 0.25) is 0 Å². The number of nitrogens with one attached hydrogen (secondary N) is 3. The fourth-order valence-corrected chi connectivity index (χ4v) is 4.39. The van der Waals surface area contributed by atoms with Crippen LogP contribution in [0.25, 0.3) is 22.4 Å². The third-order valence-electron chi connectivity index (χ3n) is 4.81. The minimum atomic E-state index is -3.90. The Morgan fingerprint density at radius 3 is 2.39 bits per heavy atom. The topological polar surface area (TPSA) is 130 Å². The third kappa shape index (κ3) is 4.92. The molecule has 0 saturated carbocycles. The van der Waals surface area contributed by atoms with E-state index in [9.17, 15) is 18.0 Å². The highest BCUT2D eigenvalue weighted by Gasteiger charge is 2.23. The van der Waals surface area contributed by atoms with Gasteiger partial charge in [-0.25, -0.2) is 13.4 Å². The SMILES string of the molecule is C[C@H](NS(=O)(=O)c1ccccc1)C(=O)NNC(=O)c1cc(-c2ccco2)nc2ccccc12. The molecule has 0 radical (unpaired) electrons. The summed E-state index contributed by atoms with van der Waals surface area (Å²) < 4.78 is 32.5. The van der Waals surface area contributed by atoms with Crippen molar-refractivity contribution in [1.29, 1.82) is 0 Å². The third-order valence-corrected chi connectivity index (χ3v) is 6.37. The van der Waals surface area contributed by atoms with E-state index in [1.54, 1.807) is 60.7 Å². The Labute approximate surface area is 189 Å². The van der Waals surface area contributed by atoms with Gasteiger partial charge in [0.25, 0.3) is 11.8 Å². The summed E-state index contributed by atoms with van der Waals surface area (Å²) in [5.74, 6) is -0.830. The van der Waals surface area contributed by atoms with Gasteiger partial charge in [-0.3, -0.25) is 20.4 Å². The minimum absolute atomic E-state index is 0.0300. The number of hydrazine groups is 1. The number of fused-ring (bicyclic) bond motifs is 1. The summed E-state index contributed by atoms with van der Waals surface area (Å²) >= 11 is 0. The van der Waals surface area contributed by atoms with Gasteiger partial charge in [0.1, 0.15) is 5.69 Å². The standard InChI is InChI=1S/C23H20N4O5S/c1-15(27-33(30,31)16-8-3-2-4-9-16)22(28)25-26-23(29)18-14-20(21-12-7-13-32-21)24-19-11-6-5-10-17(18)19/h2-15,27H,1H3,(H,25,28)(H,26,29)/t15-/m0/s1. The van der Waals surface area contributed by atoms with Crippen molar-refractivity contribution in [3.8, 4) is 11.5 Å². The number of nitrogens with zero attached hydrogens (tertiary/aromatic N) is 1. The zero-order valence-corrected chi connectivity index (χ0v) is 18.3. The largest absolute Gasteiger partial charge is 0.463 e. The van der Waals surface area contributed by atoms with E-state index in [0.29, 0.717) is 22.4 Å². The van der Waals surface area contributed by atoms with Gasteiger partial charge in [0.05, 0.1) is 28.3 Å². The van der Waals surface area contributed by atoms with E-state index < -0.39 is 27.9 Å². The highest BCUT2D eigenvalue weighted by atomic mass is 32.2. The smallest absolute Gasteiger partial charge is 0.270 e. The van der Waals surface area contributed by atoms with E-state index in [2.05, 4.69) is 20.6 Å². The molecule has 2 amide bonds. The molecule has 0 saturated heterocycles. The van der Waals surface area contributed by atoms with Crippen molar-refractivity contribution in [2.75, 3.05) is 0 Å². The maximum absolute atomic E-state index is 12.9. The lowest BCUT2D eigenvalue weighted by Crippen LogP contribution is -2.51. The van der Waals surface area contributed by atoms with E-state index in [4.69, 9.17) is 4.42 Å². The van der Waals surface area contributed by atoms with Gasteiger partial charge < -0.3 is 4.42 Å². The molecular formula is C23H20N4O5S. The van der Waals surface area contributed by atoms with Gasteiger partial charge >= 0.3 is 0 Å². The summed E-state index contributed by atoms with van der Waals surface area (Å²) in [5.41, 5.74) is 5.90. The summed E-state index contributed by atoms with van der Waals surface area (Å²) in [4.78, 5) is 29.9. The van der Waals surface area contributed by atoms with Crippen molar-refractivity contribution >= 4 is 32.7 Å². The first-order valence-electron chi connectivity index (χ1n) is 9.96. The number of para-hydroxylation sites is 1. The van der Waals surface area contributed by atoms with Gasteiger partial charge in [-0.2, -0.15) is 4.72 Å². The average Bonchev–Trinajstić information content (AvgIpc) is 3.37. The number of benzene rings is 2. The zero-order valence-electron chi connectivity index (χ0n) is 17.5. The molecule has 3 N–H and O–H groups in total. The van der Waals surface area contributed by atoms with Crippen molar-refractivity contribution in [2.24, 2.45) is 0 Å². The van der Waals surface area contributed by atoms with Crippen molar-refractivity contribution in [3.63, 3.8) is 0 Å². The van der Waals surface area contributed by atoms with Crippen molar-refractivity contribution < 1.29 is 22.4 Å². The number of rotatable bonds is 6. The second kappa shape index (κ2) is 9.23. The molecular weight excluding hydrogens is 444 g/mol. The molecule has 0 spiro atoms. The van der Waals surface area contributed by atoms with Crippen LogP contribution >= 0.6 is 0 Å². The normalized spacial score (nSPS) is 12.3. The zero-order chi connectivity index (χ0) is 23.4. The molecule has 0 fully saturated rings. The minimum Gasteiger partial charge on any atom is -0.463 e. The Kier molecular flexibility index (Phi) is 6.20. The van der Waals surface area contributed by atoms with Gasteiger partial charge in [-0.15, -0.1) is 0 Å². The van der Waals surface area contributed by atoms with Crippen LogP contribution in [0, 0.1) is 0 Å². The van der Waals surface area contributed by atoms with Crippen LogP contribution in [0.1, 0.15) is 17.3 Å². The Balaban J connectivity index is 1.49. The Hall–Kier alpha value is -4.02. The number of carbonyl (C=O) groups excluding carboxylic acids is 2. The first kappa shape index (κ1) is 22.2. The number of pyridine rings is 1. The van der Waals surface area contributed by atoms with Crippen LogP contribution in [0.3, 0.4) is 0 Å². The Morgan fingerprint density at radius 2 is 1.67 bits per heavy atom. The number of carbonyl (C=O) groups is 2. The molecule has 4 rings (SSSR count). The molecule has 4 aromatic rings. The molecule has 0 aliphatic rings. The molecule has 2 aromatic carbocycles. The molecule has 0 aliphatic carbocycles. The average molecular weight is 465 g/mol. The van der Waals surface area contributed by atoms with Gasteiger partial charge in [-0.1, -0.05) is 36.4 Å². The van der Waals surface area contributed by atoms with Crippen LogP contribution in [0.15, 0.2) is 88.4 Å². The Bertz CT molecular complexity index is 1400. The number of aromatic nitrogens is 1. The summed E-state index contributed by atoms with van der Waals surface area (Å²) in [6, 6.07) is 18.6. The maximum atomic E-state index is 12.9. The van der Waals surface area contributed by atoms with E-state index in [1.807, 2.05) is 0 Å². The Morgan fingerprint density at radius 1 is 0.939 bits per heavy atom. The van der Waals surface area contributed by atoms with Crippen LogP contribution in [0.5, 0.6) is 0 Å². The fourth-order valence-electron chi connectivity index (χ4n) is 3.16. The first-order chi connectivity index (χ1) is 15.8. The fraction of sp³-hybridized carbons (Fsp3) is 0.0870. The van der Waals surface area contributed by atoms with Crippen molar-refractivity contribution in [2.45, 2.75) is 17.9 Å². The second-order valence-corrected chi connectivity index (χ2v) is 8.86. The molecule has 0 bridgehead atoms. The quantitative estimate of drug-likeness (QED) is 0.376. The van der Waals surface area contributed by atoms with Crippen molar-refractivity contribution in [3.05, 3.63) is 84.6 Å². The molecule has 168 valence electrons. The number of amides is 2. The second-order valence-electron chi connectivity index (χ2n) is 7.15. The van der Waals surface area contributed by atoms with Crippen molar-refractivity contribution in [1.82, 2.24) is 20.6 Å². The van der Waals surface area contributed by atoms with Gasteiger partial charge in [-0.05, 0) is 43.3 Å². The van der Waals surface area contributed by atoms with Crippen LogP contribution < -0.4 is 15.6 Å². The molecule has 1 atom stereocenters. The molecule has 2 aromatic heterocycles. The molecule has 2 heterocycles. The molecule has 0 aliphatic heterocycles. The summed E-state index contributed by atoms with van der Waals surface area (Å²) in [6.45, 7) is 1.37. The summed E-state index contributed by atoms with van der Waals surface area (Å²) in [7, 11) is -3.90. The highest BCUT2D eigenvalue weighted by molar-refractivity contribution is 7.89. The predicted octanol–water partition coefficient (Wildman–Crippen LogP) is 2.62. The lowest BCUT2D eigenvalue weighted by Gasteiger charge is -2.15. The first-order valence-corrected chi connectivity index (χ1v) is 11.4.